The zero-order chi connectivity index (χ0) is 24.4. The fourth-order valence-corrected chi connectivity index (χ4v) is 2.34. The summed E-state index contributed by atoms with van der Waals surface area (Å²) in [6.45, 7) is 30.5. The molecule has 0 saturated heterocycles. The summed E-state index contributed by atoms with van der Waals surface area (Å²) in [6.07, 6.45) is 0. The predicted octanol–water partition coefficient (Wildman–Crippen LogP) is 7.79. The van der Waals surface area contributed by atoms with Gasteiger partial charge in [0.2, 0.25) is 0 Å². The molecule has 191 valence electrons. The summed E-state index contributed by atoms with van der Waals surface area (Å²) in [5, 5.41) is 12.8. The quantitative estimate of drug-likeness (QED) is 0.222. The molecule has 31 heavy (non-hydrogen) atoms. The van der Waals surface area contributed by atoms with Gasteiger partial charge in [-0.1, -0.05) is 101 Å². The second kappa shape index (κ2) is 23.1. The molecule has 0 saturated carbocycles. The van der Waals surface area contributed by atoms with Crippen molar-refractivity contribution in [2.24, 2.45) is 15.0 Å². The standard InChI is InChI=1S/3C8H17N2.Yb/c3*1-6(2)9-8(5)10-7(3)4;/h3*6-7H,1-5H3;/q3*-1;+3. The van der Waals surface area contributed by atoms with Gasteiger partial charge in [-0.05, 0) is 57.0 Å². The Morgan fingerprint density at radius 2 is 0.581 bits per heavy atom. The third-order valence-corrected chi connectivity index (χ3v) is 2.67. The number of hydrogen-bond donors (Lipinski definition) is 0. The number of aliphatic imine (C=N–C) groups is 3. The number of hydrogen-bond acceptors (Lipinski definition) is 3. The monoisotopic (exact) mass is 597 g/mol. The van der Waals surface area contributed by atoms with Crippen LogP contribution in [0.4, 0.5) is 0 Å². The van der Waals surface area contributed by atoms with Gasteiger partial charge >= 0.3 is 46.9 Å². The molecule has 0 atom stereocenters. The van der Waals surface area contributed by atoms with E-state index in [0.717, 1.165) is 17.5 Å². The molecule has 0 aromatic carbocycles. The number of rotatable bonds is 6. The summed E-state index contributed by atoms with van der Waals surface area (Å²) in [7, 11) is 0. The van der Waals surface area contributed by atoms with Gasteiger partial charge in [0.15, 0.2) is 0 Å². The van der Waals surface area contributed by atoms with Gasteiger partial charge in [-0.3, -0.25) is 0 Å². The Morgan fingerprint density at radius 3 is 0.677 bits per heavy atom. The van der Waals surface area contributed by atoms with Crippen LogP contribution in [-0.2, 0) is 0 Å². The molecule has 0 fully saturated rings. The topological polar surface area (TPSA) is 79.4 Å². The van der Waals surface area contributed by atoms with Crippen LogP contribution in [-0.4, -0.2) is 53.8 Å². The number of nitrogens with zero attached hydrogens (tertiary/aromatic N) is 6. The van der Waals surface area contributed by atoms with Crippen LogP contribution in [0.25, 0.3) is 16.0 Å². The molecule has 0 spiro atoms. The van der Waals surface area contributed by atoms with Gasteiger partial charge in [-0.25, -0.2) is 0 Å². The SMILES string of the molecule is CC(=NC(C)C)[N-]C(C)C.CC(=NC(C)C)[N-]C(C)C.CC(=NC(C)C)[N-]C(C)C.[Yb+3]. The minimum atomic E-state index is 0. The van der Waals surface area contributed by atoms with E-state index in [4.69, 9.17) is 0 Å². The third kappa shape index (κ3) is 40.8. The van der Waals surface area contributed by atoms with Crippen LogP contribution < -0.4 is 0 Å². The first-order valence-electron chi connectivity index (χ1n) is 11.3. The Kier molecular flexibility index (Phi) is 28.5. The Labute approximate surface area is 233 Å². The summed E-state index contributed by atoms with van der Waals surface area (Å²) >= 11 is 0. The average Bonchev–Trinajstić information content (AvgIpc) is 2.42. The first-order chi connectivity index (χ1) is 13.6. The van der Waals surface area contributed by atoms with Crippen molar-refractivity contribution in [2.45, 2.75) is 140 Å². The molecule has 0 aromatic heterocycles. The summed E-state index contributed by atoms with van der Waals surface area (Å²) in [5.74, 6) is 2.72. The van der Waals surface area contributed by atoms with Crippen molar-refractivity contribution in [3.05, 3.63) is 16.0 Å². The maximum Gasteiger partial charge on any atom is 3.00 e. The number of amidine groups is 3. The fourth-order valence-electron chi connectivity index (χ4n) is 2.34. The first-order valence-corrected chi connectivity index (χ1v) is 11.3. The fraction of sp³-hybridized carbons (Fsp3) is 0.875. The zero-order valence-corrected chi connectivity index (χ0v) is 24.6. The molecule has 0 aromatic rings. The van der Waals surface area contributed by atoms with E-state index < -0.39 is 0 Å². The van der Waals surface area contributed by atoms with Crippen molar-refractivity contribution in [2.75, 3.05) is 0 Å². The minimum Gasteiger partial charge on any atom is -0.467 e. The van der Waals surface area contributed by atoms with Crippen LogP contribution >= 0.6 is 0 Å². The van der Waals surface area contributed by atoms with Crippen LogP contribution in [0, 0.1) is 46.9 Å². The molecule has 0 N–H and O–H groups in total. The van der Waals surface area contributed by atoms with Gasteiger partial charge < -0.3 is 30.9 Å². The van der Waals surface area contributed by atoms with Crippen LogP contribution in [0.15, 0.2) is 15.0 Å². The van der Waals surface area contributed by atoms with Crippen LogP contribution in [0.2, 0.25) is 0 Å². The van der Waals surface area contributed by atoms with Crippen molar-refractivity contribution >= 4 is 17.5 Å². The van der Waals surface area contributed by atoms with E-state index in [9.17, 15) is 0 Å². The van der Waals surface area contributed by atoms with Crippen molar-refractivity contribution < 1.29 is 46.9 Å². The Morgan fingerprint density at radius 1 is 0.419 bits per heavy atom. The molecule has 0 aliphatic heterocycles. The van der Waals surface area contributed by atoms with Crippen molar-refractivity contribution in [1.82, 2.24) is 0 Å². The molecule has 0 heterocycles. The first kappa shape index (κ1) is 38.2. The largest absolute Gasteiger partial charge is 3.00 e. The van der Waals surface area contributed by atoms with E-state index in [1.165, 1.54) is 0 Å². The van der Waals surface area contributed by atoms with Crippen LogP contribution in [0.3, 0.4) is 0 Å². The Hall–Kier alpha value is -0.0705. The van der Waals surface area contributed by atoms with E-state index in [2.05, 4.69) is 114 Å². The molecule has 0 aliphatic carbocycles. The van der Waals surface area contributed by atoms with Crippen molar-refractivity contribution in [3.63, 3.8) is 0 Å². The molecule has 0 unspecified atom stereocenters. The predicted molar refractivity (Wildman–Crippen MR) is 140 cm³/mol. The average molecular weight is 597 g/mol. The maximum absolute atomic E-state index is 4.27. The van der Waals surface area contributed by atoms with Crippen molar-refractivity contribution in [3.8, 4) is 0 Å². The van der Waals surface area contributed by atoms with E-state index in [-0.39, 0.29) is 46.9 Å². The van der Waals surface area contributed by atoms with E-state index in [1.54, 1.807) is 0 Å². The van der Waals surface area contributed by atoms with Gasteiger partial charge in [0.1, 0.15) is 0 Å². The van der Waals surface area contributed by atoms with E-state index >= 15 is 0 Å². The summed E-state index contributed by atoms with van der Waals surface area (Å²) in [6, 6.07) is 2.18. The van der Waals surface area contributed by atoms with Gasteiger partial charge in [-0.15, -0.1) is 0 Å². The molecule has 0 rings (SSSR count). The Balaban J connectivity index is -0.000000174. The molecule has 1 radical (unpaired) electrons. The second-order valence-corrected chi connectivity index (χ2v) is 8.98. The summed E-state index contributed by atoms with van der Waals surface area (Å²) in [4.78, 5) is 12.8. The summed E-state index contributed by atoms with van der Waals surface area (Å²) in [5.41, 5.74) is 0. The Bertz CT molecular complexity index is 421. The van der Waals surface area contributed by atoms with Gasteiger partial charge in [0, 0.05) is 0 Å². The summed E-state index contributed by atoms with van der Waals surface area (Å²) < 4.78 is 0. The molecule has 7 heteroatoms. The van der Waals surface area contributed by atoms with Crippen LogP contribution in [0.1, 0.15) is 104 Å². The van der Waals surface area contributed by atoms with Gasteiger partial charge in [0.25, 0.3) is 0 Å². The zero-order valence-electron chi connectivity index (χ0n) is 22.9. The van der Waals surface area contributed by atoms with Crippen LogP contribution in [0.5, 0.6) is 0 Å². The van der Waals surface area contributed by atoms with Gasteiger partial charge in [0.05, 0.1) is 0 Å². The minimum absolute atomic E-state index is 0. The van der Waals surface area contributed by atoms with E-state index in [1.807, 2.05) is 20.8 Å². The second-order valence-electron chi connectivity index (χ2n) is 8.98. The third-order valence-electron chi connectivity index (χ3n) is 2.67. The van der Waals surface area contributed by atoms with Crippen molar-refractivity contribution in [1.29, 1.82) is 0 Å². The van der Waals surface area contributed by atoms with Gasteiger partial charge in [-0.2, -0.15) is 0 Å². The molecular weight excluding hydrogens is 545 g/mol. The molecule has 6 nitrogen and oxygen atoms in total. The molecule has 0 amide bonds. The smallest absolute Gasteiger partial charge is 0.467 e. The normalized spacial score (nSPS) is 12.5. The molecule has 0 aliphatic rings. The molecule has 0 bridgehead atoms. The maximum atomic E-state index is 4.27. The van der Waals surface area contributed by atoms with E-state index in [0.29, 0.717) is 36.3 Å². The molecular formula is C24H51N6Yb.